The van der Waals surface area contributed by atoms with E-state index in [1.54, 1.807) is 35.0 Å². The second-order valence-electron chi connectivity index (χ2n) is 8.55. The van der Waals surface area contributed by atoms with Crippen LogP contribution in [-0.4, -0.2) is 14.9 Å². The number of aromatic nitrogens is 2. The number of alkyl halides is 3. The minimum atomic E-state index is -4.51. The van der Waals surface area contributed by atoms with Gasteiger partial charge in [0, 0.05) is 10.9 Å². The quantitative estimate of drug-likeness (QED) is 0.264. The Hall–Kier alpha value is -4.10. The van der Waals surface area contributed by atoms with Crippen LogP contribution in [0.15, 0.2) is 97.1 Å². The Morgan fingerprint density at radius 2 is 1.44 bits per heavy atom. The van der Waals surface area contributed by atoms with E-state index < -0.39 is 11.7 Å². The topological polar surface area (TPSA) is 47.3 Å². The van der Waals surface area contributed by atoms with E-state index >= 15 is 0 Å². The third kappa shape index (κ3) is 5.11. The molecular weight excluding hydrogens is 465 g/mol. The molecule has 4 nitrogen and oxygen atoms in total. The molecule has 7 heteroatoms. The van der Waals surface area contributed by atoms with Crippen molar-refractivity contribution in [3.63, 3.8) is 0 Å². The van der Waals surface area contributed by atoms with Crippen LogP contribution in [0.4, 0.5) is 13.2 Å². The lowest BCUT2D eigenvalue weighted by Gasteiger charge is -2.11. The number of phenolic OH excluding ortho intramolecular Hbond substituents is 1. The predicted molar refractivity (Wildman–Crippen MR) is 132 cm³/mol. The summed E-state index contributed by atoms with van der Waals surface area (Å²) in [4.78, 5) is 0. The van der Waals surface area contributed by atoms with Gasteiger partial charge in [-0.05, 0) is 41.0 Å². The van der Waals surface area contributed by atoms with Crippen LogP contribution in [0, 0.1) is 0 Å². The molecule has 0 bridgehead atoms. The van der Waals surface area contributed by atoms with Gasteiger partial charge in [-0.2, -0.15) is 18.3 Å². The molecule has 0 saturated carbocycles. The maximum Gasteiger partial charge on any atom is 0.418 e. The molecule has 0 aliphatic carbocycles. The molecule has 0 radical (unpaired) electrons. The van der Waals surface area contributed by atoms with Crippen molar-refractivity contribution in [2.75, 3.05) is 0 Å². The number of nitrogens with zero attached hydrogens (tertiary/aromatic N) is 2. The van der Waals surface area contributed by atoms with Crippen molar-refractivity contribution in [3.8, 4) is 17.0 Å². The average molecular weight is 489 g/mol. The lowest BCUT2D eigenvalue weighted by atomic mass is 10.0. The molecular formula is C29H23F3N2O2. The molecule has 0 saturated heterocycles. The van der Waals surface area contributed by atoms with E-state index in [0.717, 1.165) is 28.3 Å². The van der Waals surface area contributed by atoms with Gasteiger partial charge in [-0.1, -0.05) is 72.8 Å². The molecule has 5 aromatic rings. The number of ether oxygens (including phenoxy) is 1. The van der Waals surface area contributed by atoms with Gasteiger partial charge in [0.2, 0.25) is 0 Å². The van der Waals surface area contributed by atoms with Crippen LogP contribution < -0.4 is 0 Å². The van der Waals surface area contributed by atoms with E-state index in [0.29, 0.717) is 30.8 Å². The van der Waals surface area contributed by atoms with E-state index in [4.69, 9.17) is 4.74 Å². The predicted octanol–water partition coefficient (Wildman–Crippen LogP) is 7.19. The number of hydrogen-bond donors (Lipinski definition) is 1. The number of phenols is 1. The SMILES string of the molecule is Oc1ccc(COCc2cccc(-c3c4cccc(C(F)(F)F)c4nn3Cc3ccccc3)c2)cc1. The summed E-state index contributed by atoms with van der Waals surface area (Å²) in [5, 5.41) is 14.3. The smallest absolute Gasteiger partial charge is 0.418 e. The van der Waals surface area contributed by atoms with Crippen molar-refractivity contribution in [3.05, 3.63) is 119 Å². The number of halogens is 3. The van der Waals surface area contributed by atoms with Crippen LogP contribution >= 0.6 is 0 Å². The highest BCUT2D eigenvalue weighted by Crippen LogP contribution is 2.38. The van der Waals surface area contributed by atoms with Crippen LogP contribution in [-0.2, 0) is 30.7 Å². The third-order valence-electron chi connectivity index (χ3n) is 5.92. The fourth-order valence-electron chi connectivity index (χ4n) is 4.24. The molecule has 0 fully saturated rings. The van der Waals surface area contributed by atoms with Gasteiger partial charge in [-0.3, -0.25) is 4.68 Å². The van der Waals surface area contributed by atoms with Gasteiger partial charge < -0.3 is 9.84 Å². The number of fused-ring (bicyclic) bond motifs is 1. The Balaban J connectivity index is 1.50. The molecule has 4 aromatic carbocycles. The second kappa shape index (κ2) is 9.87. The number of benzene rings is 4. The van der Waals surface area contributed by atoms with Gasteiger partial charge in [0.15, 0.2) is 0 Å². The maximum absolute atomic E-state index is 13.8. The van der Waals surface area contributed by atoms with Crippen molar-refractivity contribution >= 4 is 10.9 Å². The maximum atomic E-state index is 13.8. The molecule has 5 rings (SSSR count). The molecule has 1 heterocycles. The second-order valence-corrected chi connectivity index (χ2v) is 8.55. The van der Waals surface area contributed by atoms with Crippen molar-refractivity contribution in [1.82, 2.24) is 9.78 Å². The summed E-state index contributed by atoms with van der Waals surface area (Å²) in [7, 11) is 0. The molecule has 36 heavy (non-hydrogen) atoms. The number of rotatable bonds is 7. The minimum Gasteiger partial charge on any atom is -0.508 e. The van der Waals surface area contributed by atoms with E-state index in [9.17, 15) is 18.3 Å². The number of aromatic hydroxyl groups is 1. The first-order valence-electron chi connectivity index (χ1n) is 11.4. The highest BCUT2D eigenvalue weighted by atomic mass is 19.4. The van der Waals surface area contributed by atoms with Crippen LogP contribution in [0.5, 0.6) is 5.75 Å². The van der Waals surface area contributed by atoms with E-state index in [1.807, 2.05) is 54.6 Å². The molecule has 0 spiro atoms. The van der Waals surface area contributed by atoms with Gasteiger partial charge in [0.1, 0.15) is 11.3 Å². The first kappa shape index (κ1) is 23.6. The molecule has 1 aromatic heterocycles. The standard InChI is InChI=1S/C29H23F3N2O2/c30-29(31,32)26-11-5-10-25-27(26)33-34(17-20-6-2-1-3-7-20)28(25)23-9-4-8-22(16-23)19-36-18-21-12-14-24(35)15-13-21/h1-16,35H,17-19H2. The minimum absolute atomic E-state index is 0.0649. The average Bonchev–Trinajstić information content (AvgIpc) is 3.23. The Bertz CT molecular complexity index is 1480. The van der Waals surface area contributed by atoms with Gasteiger partial charge in [-0.25, -0.2) is 0 Å². The summed E-state index contributed by atoms with van der Waals surface area (Å²) < 4.78 is 48.8. The summed E-state index contributed by atoms with van der Waals surface area (Å²) >= 11 is 0. The molecule has 0 amide bonds. The van der Waals surface area contributed by atoms with Gasteiger partial charge in [0.25, 0.3) is 0 Å². The van der Waals surface area contributed by atoms with Crippen molar-refractivity contribution in [1.29, 1.82) is 0 Å². The summed E-state index contributed by atoms with van der Waals surface area (Å²) in [6, 6.07) is 28.1. The van der Waals surface area contributed by atoms with Crippen molar-refractivity contribution in [2.24, 2.45) is 0 Å². The highest BCUT2D eigenvalue weighted by molar-refractivity contribution is 5.95. The summed E-state index contributed by atoms with van der Waals surface area (Å²) in [6.45, 7) is 1.03. The third-order valence-corrected chi connectivity index (χ3v) is 5.92. The van der Waals surface area contributed by atoms with E-state index in [-0.39, 0.29) is 11.3 Å². The summed E-state index contributed by atoms with van der Waals surface area (Å²) in [5.74, 6) is 0.194. The Labute approximate surface area is 206 Å². The largest absolute Gasteiger partial charge is 0.508 e. The van der Waals surface area contributed by atoms with Gasteiger partial charge >= 0.3 is 6.18 Å². The van der Waals surface area contributed by atoms with Crippen LogP contribution in [0.3, 0.4) is 0 Å². The molecule has 0 aliphatic heterocycles. The zero-order valence-corrected chi connectivity index (χ0v) is 19.2. The fraction of sp³-hybridized carbons (Fsp3) is 0.138. The van der Waals surface area contributed by atoms with Crippen LogP contribution in [0.2, 0.25) is 0 Å². The molecule has 182 valence electrons. The van der Waals surface area contributed by atoms with Crippen molar-refractivity contribution in [2.45, 2.75) is 25.9 Å². The highest BCUT2D eigenvalue weighted by Gasteiger charge is 2.34. The molecule has 0 aliphatic rings. The molecule has 0 atom stereocenters. The zero-order valence-electron chi connectivity index (χ0n) is 19.2. The summed E-state index contributed by atoms with van der Waals surface area (Å²) in [6.07, 6.45) is -4.51. The first-order valence-corrected chi connectivity index (χ1v) is 11.4. The van der Waals surface area contributed by atoms with E-state index in [1.165, 1.54) is 6.07 Å². The van der Waals surface area contributed by atoms with Gasteiger partial charge in [-0.15, -0.1) is 0 Å². The fourth-order valence-corrected chi connectivity index (χ4v) is 4.24. The van der Waals surface area contributed by atoms with Crippen molar-refractivity contribution < 1.29 is 23.0 Å². The van der Waals surface area contributed by atoms with E-state index in [2.05, 4.69) is 5.10 Å². The van der Waals surface area contributed by atoms with Crippen LogP contribution in [0.25, 0.3) is 22.2 Å². The Kier molecular flexibility index (Phi) is 6.48. The normalized spacial score (nSPS) is 11.8. The lowest BCUT2D eigenvalue weighted by Crippen LogP contribution is -2.06. The summed E-state index contributed by atoms with van der Waals surface area (Å²) in [5.41, 5.74) is 3.33. The zero-order chi connectivity index (χ0) is 25.1. The lowest BCUT2D eigenvalue weighted by molar-refractivity contribution is -0.136. The van der Waals surface area contributed by atoms with Crippen LogP contribution in [0.1, 0.15) is 22.3 Å². The first-order chi connectivity index (χ1) is 17.4. The van der Waals surface area contributed by atoms with Gasteiger partial charge in [0.05, 0.1) is 31.0 Å². The molecule has 0 unspecified atom stereocenters. The number of hydrogen-bond acceptors (Lipinski definition) is 3. The monoisotopic (exact) mass is 488 g/mol. The Morgan fingerprint density at radius 1 is 0.750 bits per heavy atom. The molecule has 1 N–H and O–H groups in total. The Morgan fingerprint density at radius 3 is 2.19 bits per heavy atom.